The number of methoxy groups -OCH3 is 1. The SMILES string of the molecule is COC(=O)/C(Br)=C/c1cc(I)ccc1N. The zero-order chi connectivity index (χ0) is 11.4. The maximum absolute atomic E-state index is 11.1. The van der Waals surface area contributed by atoms with Gasteiger partial charge in [0.05, 0.1) is 7.11 Å². The van der Waals surface area contributed by atoms with E-state index in [1.807, 2.05) is 12.1 Å². The van der Waals surface area contributed by atoms with E-state index in [9.17, 15) is 4.79 Å². The molecule has 0 aliphatic carbocycles. The van der Waals surface area contributed by atoms with E-state index in [2.05, 4.69) is 43.3 Å². The van der Waals surface area contributed by atoms with Gasteiger partial charge in [0, 0.05) is 9.26 Å². The Labute approximate surface area is 110 Å². The van der Waals surface area contributed by atoms with E-state index in [4.69, 9.17) is 5.73 Å². The van der Waals surface area contributed by atoms with Crippen LogP contribution in [0.15, 0.2) is 22.7 Å². The molecule has 0 spiro atoms. The van der Waals surface area contributed by atoms with Gasteiger partial charge < -0.3 is 10.5 Å². The van der Waals surface area contributed by atoms with E-state index in [0.717, 1.165) is 9.13 Å². The number of hydrogen-bond donors (Lipinski definition) is 1. The van der Waals surface area contributed by atoms with E-state index in [1.54, 1.807) is 12.1 Å². The molecule has 0 atom stereocenters. The Bertz CT molecular complexity index is 418. The molecule has 0 amide bonds. The fourth-order valence-electron chi connectivity index (χ4n) is 0.964. The van der Waals surface area contributed by atoms with Crippen LogP contribution in [0.1, 0.15) is 5.56 Å². The molecule has 0 aliphatic heterocycles. The first-order valence-corrected chi connectivity index (χ1v) is 5.92. The van der Waals surface area contributed by atoms with Gasteiger partial charge in [0.2, 0.25) is 0 Å². The molecule has 2 N–H and O–H groups in total. The third kappa shape index (κ3) is 3.49. The molecule has 0 unspecified atom stereocenters. The number of nitrogens with two attached hydrogens (primary N) is 1. The van der Waals surface area contributed by atoms with E-state index < -0.39 is 5.97 Å². The first kappa shape index (κ1) is 12.5. The van der Waals surface area contributed by atoms with Crippen molar-refractivity contribution in [3.05, 3.63) is 31.8 Å². The molecule has 80 valence electrons. The van der Waals surface area contributed by atoms with Gasteiger partial charge in [-0.25, -0.2) is 4.79 Å². The van der Waals surface area contributed by atoms with Gasteiger partial charge in [-0.3, -0.25) is 0 Å². The topological polar surface area (TPSA) is 52.3 Å². The average molecular weight is 382 g/mol. The van der Waals surface area contributed by atoms with Gasteiger partial charge >= 0.3 is 5.97 Å². The zero-order valence-corrected chi connectivity index (χ0v) is 11.7. The van der Waals surface area contributed by atoms with Gasteiger partial charge in [-0.2, -0.15) is 0 Å². The number of halogens is 2. The Morgan fingerprint density at radius 1 is 1.60 bits per heavy atom. The molecule has 1 aromatic rings. The molecule has 3 nitrogen and oxygen atoms in total. The fourth-order valence-corrected chi connectivity index (χ4v) is 1.89. The molecule has 0 aliphatic rings. The summed E-state index contributed by atoms with van der Waals surface area (Å²) >= 11 is 5.31. The Kier molecular flexibility index (Phi) is 4.59. The zero-order valence-electron chi connectivity index (χ0n) is 7.96. The van der Waals surface area contributed by atoms with Crippen molar-refractivity contribution in [1.82, 2.24) is 0 Å². The van der Waals surface area contributed by atoms with Crippen LogP contribution in [0.3, 0.4) is 0 Å². The van der Waals surface area contributed by atoms with Crippen molar-refractivity contribution in [2.24, 2.45) is 0 Å². The van der Waals surface area contributed by atoms with Gasteiger partial charge in [-0.05, 0) is 68.4 Å². The number of rotatable bonds is 2. The third-order valence-electron chi connectivity index (χ3n) is 1.71. The van der Waals surface area contributed by atoms with E-state index in [-0.39, 0.29) is 0 Å². The van der Waals surface area contributed by atoms with E-state index in [1.165, 1.54) is 7.11 Å². The number of hydrogen-bond acceptors (Lipinski definition) is 3. The van der Waals surface area contributed by atoms with E-state index in [0.29, 0.717) is 10.2 Å². The highest BCUT2D eigenvalue weighted by molar-refractivity contribution is 14.1. The molecule has 0 radical (unpaired) electrons. The molecule has 1 aromatic carbocycles. The molecule has 0 saturated heterocycles. The largest absolute Gasteiger partial charge is 0.465 e. The summed E-state index contributed by atoms with van der Waals surface area (Å²) in [4.78, 5) is 11.1. The van der Waals surface area contributed by atoms with E-state index >= 15 is 0 Å². The maximum atomic E-state index is 11.1. The average Bonchev–Trinajstić information content (AvgIpc) is 2.22. The fraction of sp³-hybridized carbons (Fsp3) is 0.100. The predicted molar refractivity (Wildman–Crippen MR) is 72.5 cm³/mol. The molecule has 15 heavy (non-hydrogen) atoms. The Morgan fingerprint density at radius 2 is 2.27 bits per heavy atom. The second-order valence-corrected chi connectivity index (χ2v) is 4.86. The summed E-state index contributed by atoms with van der Waals surface area (Å²) in [6, 6.07) is 5.59. The molecule has 0 fully saturated rings. The molecular formula is C10H9BrINO2. The quantitative estimate of drug-likeness (QED) is 0.371. The molecule has 0 heterocycles. The van der Waals surface area contributed by atoms with Crippen LogP contribution in [0.2, 0.25) is 0 Å². The number of anilines is 1. The minimum Gasteiger partial charge on any atom is -0.465 e. The number of ether oxygens (including phenoxy) is 1. The number of benzene rings is 1. The highest BCUT2D eigenvalue weighted by Crippen LogP contribution is 2.21. The molecule has 0 bridgehead atoms. The summed E-state index contributed by atoms with van der Waals surface area (Å²) in [6.07, 6.45) is 1.64. The number of nitrogen functional groups attached to an aromatic ring is 1. The van der Waals surface area contributed by atoms with Crippen molar-refractivity contribution in [1.29, 1.82) is 0 Å². The van der Waals surface area contributed by atoms with Crippen LogP contribution >= 0.6 is 38.5 Å². The van der Waals surface area contributed by atoms with Crippen LogP contribution in [0.25, 0.3) is 6.08 Å². The summed E-state index contributed by atoms with van der Waals surface area (Å²) in [7, 11) is 1.33. The lowest BCUT2D eigenvalue weighted by atomic mass is 10.2. The van der Waals surface area contributed by atoms with Crippen LogP contribution < -0.4 is 5.73 Å². The van der Waals surface area contributed by atoms with Crippen LogP contribution in [0.5, 0.6) is 0 Å². The Hall–Kier alpha value is -0.560. The standard InChI is InChI=1S/C10H9BrINO2/c1-15-10(14)8(11)5-6-4-7(12)2-3-9(6)13/h2-5H,13H2,1H3/b8-5-. The maximum Gasteiger partial charge on any atom is 0.344 e. The summed E-state index contributed by atoms with van der Waals surface area (Å²) in [5, 5.41) is 0. The first-order valence-electron chi connectivity index (χ1n) is 4.05. The second kappa shape index (κ2) is 5.50. The first-order chi connectivity index (χ1) is 7.04. The summed E-state index contributed by atoms with van der Waals surface area (Å²) in [6.45, 7) is 0. The smallest absolute Gasteiger partial charge is 0.344 e. The Morgan fingerprint density at radius 3 is 2.87 bits per heavy atom. The van der Waals surface area contributed by atoms with Gasteiger partial charge in [0.15, 0.2) is 0 Å². The van der Waals surface area contributed by atoms with Crippen molar-refractivity contribution in [2.45, 2.75) is 0 Å². The summed E-state index contributed by atoms with van der Waals surface area (Å²) in [5.74, 6) is -0.423. The van der Waals surface area contributed by atoms with Gasteiger partial charge in [-0.1, -0.05) is 0 Å². The van der Waals surface area contributed by atoms with Crippen molar-refractivity contribution >= 4 is 56.3 Å². The van der Waals surface area contributed by atoms with Gasteiger partial charge in [-0.15, -0.1) is 0 Å². The van der Waals surface area contributed by atoms with Crippen molar-refractivity contribution in [3.8, 4) is 0 Å². The monoisotopic (exact) mass is 381 g/mol. The lowest BCUT2D eigenvalue weighted by Crippen LogP contribution is -1.99. The van der Waals surface area contributed by atoms with Crippen molar-refractivity contribution < 1.29 is 9.53 Å². The highest BCUT2D eigenvalue weighted by atomic mass is 127. The van der Waals surface area contributed by atoms with Crippen LogP contribution in [-0.4, -0.2) is 13.1 Å². The molecule has 5 heteroatoms. The molecule has 1 rings (SSSR count). The second-order valence-electron chi connectivity index (χ2n) is 2.76. The molecule has 0 aromatic heterocycles. The molecular weight excluding hydrogens is 373 g/mol. The number of carbonyl (C=O) groups excluding carboxylic acids is 1. The lowest BCUT2D eigenvalue weighted by Gasteiger charge is -2.02. The van der Waals surface area contributed by atoms with Gasteiger partial charge in [0.1, 0.15) is 4.48 Å². The third-order valence-corrected chi connectivity index (χ3v) is 2.94. The van der Waals surface area contributed by atoms with Crippen molar-refractivity contribution in [3.63, 3.8) is 0 Å². The normalized spacial score (nSPS) is 11.3. The van der Waals surface area contributed by atoms with Crippen molar-refractivity contribution in [2.75, 3.05) is 12.8 Å². The Balaban J connectivity index is 3.07. The number of carbonyl (C=O) groups is 1. The minimum absolute atomic E-state index is 0.346. The summed E-state index contributed by atoms with van der Waals surface area (Å²) < 4.78 is 5.96. The van der Waals surface area contributed by atoms with Gasteiger partial charge in [0.25, 0.3) is 0 Å². The van der Waals surface area contributed by atoms with Crippen LogP contribution in [0, 0.1) is 3.57 Å². The highest BCUT2D eigenvalue weighted by Gasteiger charge is 2.06. The van der Waals surface area contributed by atoms with Crippen LogP contribution in [-0.2, 0) is 9.53 Å². The summed E-state index contributed by atoms with van der Waals surface area (Å²) in [5.41, 5.74) is 7.17. The molecule has 0 saturated carbocycles. The van der Waals surface area contributed by atoms with Crippen LogP contribution in [0.4, 0.5) is 5.69 Å². The lowest BCUT2D eigenvalue weighted by molar-refractivity contribution is -0.135. The predicted octanol–water partition coefficient (Wildman–Crippen LogP) is 2.78. The number of esters is 1. The minimum atomic E-state index is -0.423.